The molecule has 136 valence electrons. The van der Waals surface area contributed by atoms with Gasteiger partial charge in [-0.05, 0) is 31.9 Å². The highest BCUT2D eigenvalue weighted by Gasteiger charge is 2.32. The number of rotatable bonds is 4. The minimum Gasteiger partial charge on any atom is -0.344 e. The maximum absolute atomic E-state index is 12.7. The Morgan fingerprint density at radius 3 is 2.44 bits per heavy atom. The van der Waals surface area contributed by atoms with Gasteiger partial charge in [-0.25, -0.2) is 0 Å². The summed E-state index contributed by atoms with van der Waals surface area (Å²) < 4.78 is 0. The van der Waals surface area contributed by atoms with Crippen LogP contribution >= 0.6 is 0 Å². The third-order valence-electron chi connectivity index (χ3n) is 4.25. The van der Waals surface area contributed by atoms with Crippen molar-refractivity contribution in [2.24, 2.45) is 5.41 Å². The lowest BCUT2D eigenvalue weighted by Crippen LogP contribution is -2.56. The Hall–Kier alpha value is -2.37. The number of piperidine rings is 1. The molecule has 0 spiro atoms. The normalized spacial score (nSPS) is 19.3. The lowest BCUT2D eigenvalue weighted by molar-refractivity contribution is -0.134. The monoisotopic (exact) mass is 345 g/mol. The standard InChI is InChI=1S/C19H27N3O3/c1-13(20-18(25)19(2,3)4)16(23)21-15-11-8-12-22(17(15)24)14-9-6-5-7-10-14/h5-7,9-10,13,15H,8,11-12H2,1-4H3,(H,20,25)(H,21,23). The summed E-state index contributed by atoms with van der Waals surface area (Å²) in [6, 6.07) is 8.19. The Balaban J connectivity index is 1.98. The molecule has 25 heavy (non-hydrogen) atoms. The Morgan fingerprint density at radius 2 is 1.84 bits per heavy atom. The molecule has 3 amide bonds. The first kappa shape index (κ1) is 19.0. The van der Waals surface area contributed by atoms with Gasteiger partial charge in [-0.2, -0.15) is 0 Å². The summed E-state index contributed by atoms with van der Waals surface area (Å²) in [5.41, 5.74) is 0.264. The summed E-state index contributed by atoms with van der Waals surface area (Å²) in [6.07, 6.45) is 1.42. The molecule has 6 nitrogen and oxygen atoms in total. The molecule has 1 heterocycles. The van der Waals surface area contributed by atoms with E-state index in [9.17, 15) is 14.4 Å². The van der Waals surface area contributed by atoms with Crippen molar-refractivity contribution in [3.63, 3.8) is 0 Å². The molecule has 2 atom stereocenters. The van der Waals surface area contributed by atoms with E-state index in [1.54, 1.807) is 32.6 Å². The van der Waals surface area contributed by atoms with Crippen molar-refractivity contribution in [2.45, 2.75) is 52.6 Å². The van der Waals surface area contributed by atoms with Crippen molar-refractivity contribution in [2.75, 3.05) is 11.4 Å². The molecule has 0 aliphatic carbocycles. The van der Waals surface area contributed by atoms with Gasteiger partial charge in [0.1, 0.15) is 12.1 Å². The van der Waals surface area contributed by atoms with E-state index in [2.05, 4.69) is 10.6 Å². The van der Waals surface area contributed by atoms with Crippen LogP contribution in [0.5, 0.6) is 0 Å². The minimum absolute atomic E-state index is 0.111. The quantitative estimate of drug-likeness (QED) is 0.874. The summed E-state index contributed by atoms with van der Waals surface area (Å²) in [6.45, 7) is 7.63. The number of carbonyl (C=O) groups excluding carboxylic acids is 3. The van der Waals surface area contributed by atoms with Crippen molar-refractivity contribution < 1.29 is 14.4 Å². The van der Waals surface area contributed by atoms with Gasteiger partial charge in [0.25, 0.3) is 0 Å². The van der Waals surface area contributed by atoms with Crippen molar-refractivity contribution in [3.8, 4) is 0 Å². The van der Waals surface area contributed by atoms with Crippen LogP contribution in [-0.4, -0.2) is 36.3 Å². The number of benzene rings is 1. The maximum Gasteiger partial charge on any atom is 0.249 e. The molecule has 0 aromatic heterocycles. The van der Waals surface area contributed by atoms with Gasteiger partial charge in [-0.15, -0.1) is 0 Å². The van der Waals surface area contributed by atoms with Crippen molar-refractivity contribution >= 4 is 23.4 Å². The molecule has 1 aliphatic heterocycles. The number of anilines is 1. The number of hydrogen-bond acceptors (Lipinski definition) is 3. The summed E-state index contributed by atoms with van der Waals surface area (Å²) >= 11 is 0. The Bertz CT molecular complexity index is 637. The van der Waals surface area contributed by atoms with E-state index < -0.39 is 17.5 Å². The van der Waals surface area contributed by atoms with Gasteiger partial charge >= 0.3 is 0 Å². The Labute approximate surface area is 149 Å². The van der Waals surface area contributed by atoms with Gasteiger partial charge in [0.15, 0.2) is 0 Å². The smallest absolute Gasteiger partial charge is 0.249 e. The fraction of sp³-hybridized carbons (Fsp3) is 0.526. The molecule has 1 fully saturated rings. The first-order valence-electron chi connectivity index (χ1n) is 8.68. The van der Waals surface area contributed by atoms with Gasteiger partial charge in [0.05, 0.1) is 0 Å². The van der Waals surface area contributed by atoms with E-state index in [1.165, 1.54) is 0 Å². The minimum atomic E-state index is -0.688. The predicted octanol–water partition coefficient (Wildman–Crippen LogP) is 1.85. The molecular formula is C19H27N3O3. The van der Waals surface area contributed by atoms with Crippen LogP contribution in [0.4, 0.5) is 5.69 Å². The lowest BCUT2D eigenvalue weighted by Gasteiger charge is -2.33. The van der Waals surface area contributed by atoms with E-state index in [-0.39, 0.29) is 17.7 Å². The number of amides is 3. The lowest BCUT2D eigenvalue weighted by atomic mass is 9.95. The van der Waals surface area contributed by atoms with Crippen LogP contribution in [0, 0.1) is 5.41 Å². The third kappa shape index (κ3) is 4.81. The molecule has 0 radical (unpaired) electrons. The van der Waals surface area contributed by atoms with E-state index >= 15 is 0 Å². The zero-order valence-corrected chi connectivity index (χ0v) is 15.3. The summed E-state index contributed by atoms with van der Waals surface area (Å²) in [5.74, 6) is -0.651. The van der Waals surface area contributed by atoms with Crippen LogP contribution in [-0.2, 0) is 14.4 Å². The zero-order valence-electron chi connectivity index (χ0n) is 15.3. The van der Waals surface area contributed by atoms with Gasteiger partial charge in [0.2, 0.25) is 17.7 Å². The van der Waals surface area contributed by atoms with Gasteiger partial charge < -0.3 is 15.5 Å². The second-order valence-corrected chi connectivity index (χ2v) is 7.47. The highest BCUT2D eigenvalue weighted by atomic mass is 16.2. The Morgan fingerprint density at radius 1 is 1.20 bits per heavy atom. The Kier molecular flexibility index (Phi) is 5.82. The molecule has 1 aromatic rings. The average Bonchev–Trinajstić information content (AvgIpc) is 2.56. The molecule has 1 saturated heterocycles. The average molecular weight is 345 g/mol. The third-order valence-corrected chi connectivity index (χ3v) is 4.25. The second kappa shape index (κ2) is 7.68. The zero-order chi connectivity index (χ0) is 18.6. The van der Waals surface area contributed by atoms with Crippen molar-refractivity contribution in [3.05, 3.63) is 30.3 Å². The predicted molar refractivity (Wildman–Crippen MR) is 97.0 cm³/mol. The van der Waals surface area contributed by atoms with Crippen LogP contribution in [0.25, 0.3) is 0 Å². The topological polar surface area (TPSA) is 78.5 Å². The highest BCUT2D eigenvalue weighted by Crippen LogP contribution is 2.20. The fourth-order valence-electron chi connectivity index (χ4n) is 2.65. The molecule has 0 saturated carbocycles. The fourth-order valence-corrected chi connectivity index (χ4v) is 2.65. The molecule has 1 aromatic carbocycles. The molecule has 6 heteroatoms. The number of para-hydroxylation sites is 1. The molecule has 2 N–H and O–H groups in total. The molecule has 2 rings (SSSR count). The first-order valence-corrected chi connectivity index (χ1v) is 8.68. The number of nitrogens with one attached hydrogen (secondary N) is 2. The summed E-state index contributed by atoms with van der Waals surface area (Å²) in [7, 11) is 0. The second-order valence-electron chi connectivity index (χ2n) is 7.47. The van der Waals surface area contributed by atoms with Gasteiger partial charge in [-0.3, -0.25) is 14.4 Å². The van der Waals surface area contributed by atoms with E-state index in [4.69, 9.17) is 0 Å². The highest BCUT2D eigenvalue weighted by molar-refractivity contribution is 6.00. The van der Waals surface area contributed by atoms with Crippen LogP contribution in [0.15, 0.2) is 30.3 Å². The molecule has 1 aliphatic rings. The number of nitrogens with zero attached hydrogens (tertiary/aromatic N) is 1. The van der Waals surface area contributed by atoms with Crippen LogP contribution in [0.3, 0.4) is 0 Å². The van der Waals surface area contributed by atoms with Crippen LogP contribution in [0.2, 0.25) is 0 Å². The van der Waals surface area contributed by atoms with E-state index in [1.807, 2.05) is 30.3 Å². The molecule has 0 bridgehead atoms. The van der Waals surface area contributed by atoms with Crippen molar-refractivity contribution in [1.82, 2.24) is 10.6 Å². The summed E-state index contributed by atoms with van der Waals surface area (Å²) in [5, 5.41) is 5.47. The molecular weight excluding hydrogens is 318 g/mol. The van der Waals surface area contributed by atoms with Gasteiger partial charge in [0, 0.05) is 17.6 Å². The van der Waals surface area contributed by atoms with Crippen molar-refractivity contribution in [1.29, 1.82) is 0 Å². The van der Waals surface area contributed by atoms with E-state index in [0.717, 1.165) is 12.1 Å². The van der Waals surface area contributed by atoms with Gasteiger partial charge in [-0.1, -0.05) is 39.0 Å². The molecule has 2 unspecified atom stereocenters. The number of carbonyl (C=O) groups is 3. The maximum atomic E-state index is 12.7. The first-order chi connectivity index (χ1) is 11.7. The van der Waals surface area contributed by atoms with Crippen LogP contribution < -0.4 is 15.5 Å². The van der Waals surface area contributed by atoms with Crippen LogP contribution in [0.1, 0.15) is 40.5 Å². The summed E-state index contributed by atoms with van der Waals surface area (Å²) in [4.78, 5) is 38.8. The largest absolute Gasteiger partial charge is 0.344 e. The SMILES string of the molecule is CC(NC(=O)C(C)(C)C)C(=O)NC1CCCN(c2ccccc2)C1=O. The number of hydrogen-bond donors (Lipinski definition) is 2. The van der Waals surface area contributed by atoms with E-state index in [0.29, 0.717) is 13.0 Å².